The van der Waals surface area contributed by atoms with E-state index in [9.17, 15) is 4.79 Å². The van der Waals surface area contributed by atoms with Gasteiger partial charge >= 0.3 is 0 Å². The molecule has 0 N–H and O–H groups in total. The minimum absolute atomic E-state index is 0.109. The van der Waals surface area contributed by atoms with Crippen LogP contribution in [0.4, 0.5) is 0 Å². The van der Waals surface area contributed by atoms with E-state index in [0.29, 0.717) is 17.0 Å². The van der Waals surface area contributed by atoms with Crippen molar-refractivity contribution in [2.75, 3.05) is 0 Å². The maximum Gasteiger partial charge on any atom is 0.185 e. The van der Waals surface area contributed by atoms with Crippen LogP contribution in [-0.2, 0) is 0 Å². The van der Waals surface area contributed by atoms with Gasteiger partial charge in [0.25, 0.3) is 0 Å². The van der Waals surface area contributed by atoms with Gasteiger partial charge in [-0.2, -0.15) is 5.10 Å². The third-order valence-electron chi connectivity index (χ3n) is 4.33. The molecule has 5 heteroatoms. The van der Waals surface area contributed by atoms with Crippen LogP contribution in [0, 0.1) is 13.8 Å². The Labute approximate surface area is 139 Å². The first kappa shape index (κ1) is 14.5. The fourth-order valence-electron chi connectivity index (χ4n) is 3.20. The molecule has 4 aromatic rings. The normalized spacial score (nSPS) is 11.3. The summed E-state index contributed by atoms with van der Waals surface area (Å²) in [6, 6.07) is 14.4. The number of hydrogen-bond donors (Lipinski definition) is 0. The third kappa shape index (κ3) is 2.01. The second-order valence-corrected chi connectivity index (χ2v) is 5.91. The highest BCUT2D eigenvalue weighted by atomic mass is 16.1. The number of hydrogen-bond acceptors (Lipinski definition) is 4. The molecule has 0 saturated carbocycles. The Hall–Kier alpha value is -3.08. The maximum atomic E-state index is 11.7. The minimum Gasteiger partial charge on any atom is -0.293 e. The van der Waals surface area contributed by atoms with E-state index >= 15 is 0 Å². The fraction of sp³-hybridized carbons (Fsp3) is 0.158. The lowest BCUT2D eigenvalue weighted by Crippen LogP contribution is -2.09. The Morgan fingerprint density at radius 3 is 2.54 bits per heavy atom. The van der Waals surface area contributed by atoms with E-state index in [1.165, 1.54) is 12.3 Å². The molecular weight excluding hydrogens is 300 g/mol. The summed E-state index contributed by atoms with van der Waals surface area (Å²) in [5.74, 6) is -0.109. The number of fused-ring (bicyclic) bond motifs is 2. The Morgan fingerprint density at radius 1 is 1.00 bits per heavy atom. The van der Waals surface area contributed by atoms with Crippen LogP contribution >= 0.6 is 0 Å². The maximum absolute atomic E-state index is 11.7. The summed E-state index contributed by atoms with van der Waals surface area (Å²) >= 11 is 0. The molecule has 118 valence electrons. The highest BCUT2D eigenvalue weighted by molar-refractivity contribution is 6.00. The predicted molar refractivity (Wildman–Crippen MR) is 93.2 cm³/mol. The zero-order valence-corrected chi connectivity index (χ0v) is 13.7. The van der Waals surface area contributed by atoms with Gasteiger partial charge < -0.3 is 0 Å². The Bertz CT molecular complexity index is 1110. The van der Waals surface area contributed by atoms with E-state index in [2.05, 4.69) is 39.6 Å². The monoisotopic (exact) mass is 316 g/mol. The molecule has 0 unspecified atom stereocenters. The first-order valence-electron chi connectivity index (χ1n) is 7.79. The number of aromatic nitrogens is 4. The molecule has 5 nitrogen and oxygen atoms in total. The van der Waals surface area contributed by atoms with E-state index in [-0.39, 0.29) is 5.78 Å². The van der Waals surface area contributed by atoms with Crippen LogP contribution in [0.15, 0.2) is 42.5 Å². The first-order valence-corrected chi connectivity index (χ1v) is 7.79. The van der Waals surface area contributed by atoms with Gasteiger partial charge in [-0.25, -0.2) is 4.52 Å². The largest absolute Gasteiger partial charge is 0.293 e. The lowest BCUT2D eigenvalue weighted by molar-refractivity contribution is 0.101. The van der Waals surface area contributed by atoms with Crippen molar-refractivity contribution in [1.82, 2.24) is 19.8 Å². The first-order chi connectivity index (χ1) is 11.6. The van der Waals surface area contributed by atoms with Gasteiger partial charge in [0.15, 0.2) is 11.4 Å². The Balaban J connectivity index is 2.09. The molecule has 0 aliphatic carbocycles. The number of Topliss-reactive ketones (excluding diaryl/α,β-unsaturated/α-hetero) is 1. The van der Waals surface area contributed by atoms with Gasteiger partial charge in [0.05, 0.1) is 17.0 Å². The van der Waals surface area contributed by atoms with E-state index < -0.39 is 0 Å². The summed E-state index contributed by atoms with van der Waals surface area (Å²) in [5.41, 5.74) is 4.63. The van der Waals surface area contributed by atoms with Gasteiger partial charge in [-0.05, 0) is 30.2 Å². The lowest BCUT2D eigenvalue weighted by Gasteiger charge is -2.07. The van der Waals surface area contributed by atoms with Gasteiger partial charge in [0.1, 0.15) is 5.69 Å². The summed E-state index contributed by atoms with van der Waals surface area (Å²) in [6.45, 7) is 5.29. The van der Waals surface area contributed by atoms with Gasteiger partial charge in [-0.1, -0.05) is 42.5 Å². The molecule has 0 radical (unpaired) electrons. The molecule has 0 atom stereocenters. The van der Waals surface area contributed by atoms with Crippen molar-refractivity contribution in [3.05, 3.63) is 59.5 Å². The summed E-state index contributed by atoms with van der Waals surface area (Å²) in [7, 11) is 0. The molecule has 0 aliphatic heterocycles. The van der Waals surface area contributed by atoms with Crippen molar-refractivity contribution in [2.24, 2.45) is 0 Å². The molecule has 0 spiro atoms. The summed E-state index contributed by atoms with van der Waals surface area (Å²) in [5, 5.41) is 15.3. The average Bonchev–Trinajstić information content (AvgIpc) is 2.91. The number of aryl methyl sites for hydroxylation is 2. The second-order valence-electron chi connectivity index (χ2n) is 5.91. The van der Waals surface area contributed by atoms with Crippen molar-refractivity contribution >= 4 is 22.2 Å². The van der Waals surface area contributed by atoms with Crippen molar-refractivity contribution in [2.45, 2.75) is 20.8 Å². The number of ketones is 1. The van der Waals surface area contributed by atoms with Crippen molar-refractivity contribution in [1.29, 1.82) is 0 Å². The van der Waals surface area contributed by atoms with Crippen molar-refractivity contribution in [3.63, 3.8) is 0 Å². The number of benzene rings is 2. The van der Waals surface area contributed by atoms with Gasteiger partial charge in [0, 0.05) is 6.92 Å². The molecule has 0 fully saturated rings. The molecule has 2 aromatic carbocycles. The number of nitrogens with zero attached hydrogens (tertiary/aromatic N) is 4. The predicted octanol–water partition coefficient (Wildman–Crippen LogP) is 3.76. The van der Waals surface area contributed by atoms with E-state index in [1.807, 2.05) is 32.0 Å². The zero-order valence-electron chi connectivity index (χ0n) is 13.7. The SMILES string of the molecule is CC(=O)c1nnc2c(-c3cccc4ccccc34)c(C)nn2c1C. The van der Waals surface area contributed by atoms with Crippen LogP contribution in [0.5, 0.6) is 0 Å². The molecule has 0 aliphatic rings. The van der Waals surface area contributed by atoms with Crippen molar-refractivity contribution in [3.8, 4) is 11.1 Å². The smallest absolute Gasteiger partial charge is 0.185 e. The van der Waals surface area contributed by atoms with E-state index in [0.717, 1.165) is 22.2 Å². The summed E-state index contributed by atoms with van der Waals surface area (Å²) in [6.07, 6.45) is 0. The highest BCUT2D eigenvalue weighted by Gasteiger charge is 2.19. The Morgan fingerprint density at radius 2 is 1.75 bits per heavy atom. The molecule has 2 aromatic heterocycles. The topological polar surface area (TPSA) is 60.2 Å². The van der Waals surface area contributed by atoms with Crippen LogP contribution in [0.3, 0.4) is 0 Å². The number of carbonyl (C=O) groups excluding carboxylic acids is 1. The van der Waals surface area contributed by atoms with Crippen LogP contribution < -0.4 is 0 Å². The lowest BCUT2D eigenvalue weighted by atomic mass is 9.98. The zero-order chi connectivity index (χ0) is 16.8. The molecule has 24 heavy (non-hydrogen) atoms. The van der Waals surface area contributed by atoms with E-state index in [4.69, 9.17) is 0 Å². The molecule has 2 heterocycles. The summed E-state index contributed by atoms with van der Waals surface area (Å²) in [4.78, 5) is 11.7. The van der Waals surface area contributed by atoms with Crippen LogP contribution in [0.25, 0.3) is 27.5 Å². The molecule has 0 amide bonds. The van der Waals surface area contributed by atoms with E-state index in [1.54, 1.807) is 4.52 Å². The van der Waals surface area contributed by atoms with Crippen LogP contribution in [0.2, 0.25) is 0 Å². The molecule has 4 rings (SSSR count). The number of carbonyl (C=O) groups is 1. The highest BCUT2D eigenvalue weighted by Crippen LogP contribution is 2.33. The van der Waals surface area contributed by atoms with Gasteiger partial charge in [0.2, 0.25) is 0 Å². The standard InChI is InChI=1S/C19H16N4O/c1-11-17(16-10-6-8-14-7-4-5-9-15(14)16)19-21-20-18(13(3)24)12(2)23(19)22-11/h4-10H,1-3H3. The van der Waals surface area contributed by atoms with Gasteiger partial charge in [-0.3, -0.25) is 4.79 Å². The minimum atomic E-state index is -0.109. The quantitative estimate of drug-likeness (QED) is 0.528. The fourth-order valence-corrected chi connectivity index (χ4v) is 3.20. The molecule has 0 saturated heterocycles. The average molecular weight is 316 g/mol. The Kier molecular flexibility index (Phi) is 3.16. The van der Waals surface area contributed by atoms with Gasteiger partial charge in [-0.15, -0.1) is 10.2 Å². The van der Waals surface area contributed by atoms with Crippen LogP contribution in [-0.4, -0.2) is 25.6 Å². The second kappa shape index (κ2) is 5.23. The molecular formula is C19H16N4O. The molecule has 0 bridgehead atoms. The van der Waals surface area contributed by atoms with Crippen molar-refractivity contribution < 1.29 is 4.79 Å². The van der Waals surface area contributed by atoms with Crippen LogP contribution in [0.1, 0.15) is 28.8 Å². The third-order valence-corrected chi connectivity index (χ3v) is 4.33. The number of rotatable bonds is 2. The summed E-state index contributed by atoms with van der Waals surface area (Å²) < 4.78 is 1.72.